The van der Waals surface area contributed by atoms with Crippen LogP contribution in [0.2, 0.25) is 23.0 Å². The molecule has 0 amide bonds. The van der Waals surface area contributed by atoms with Gasteiger partial charge in [0.25, 0.3) is 0 Å². The van der Waals surface area contributed by atoms with Crippen LogP contribution >= 0.6 is 0 Å². The first-order chi connectivity index (χ1) is 19.2. The minimum absolute atomic E-state index is 0. The fourth-order valence-electron chi connectivity index (χ4n) is 3.68. The van der Waals surface area contributed by atoms with Gasteiger partial charge in [0.05, 0.1) is 0 Å². The molecular formula is C40H66Cl2Ge2Hf2-6. The molecule has 4 rings (SSSR count). The molecule has 4 aliphatic rings. The number of allylic oxidation sites excluding steroid dienone is 16. The van der Waals surface area contributed by atoms with Crippen LogP contribution < -0.4 is 24.8 Å². The minimum atomic E-state index is 0. The summed E-state index contributed by atoms with van der Waals surface area (Å²) in [6.07, 6.45) is 34.5. The molecule has 0 saturated carbocycles. The fraction of sp³-hybridized carbons (Fsp3) is 0.600. The third kappa shape index (κ3) is 31.3. The summed E-state index contributed by atoms with van der Waals surface area (Å²) in [6.45, 7) is 26.6. The number of rotatable bonds is 0. The first-order valence-corrected chi connectivity index (χ1v) is 25.5. The summed E-state index contributed by atoms with van der Waals surface area (Å²) in [5.74, 6) is 9.12. The summed E-state index contributed by atoms with van der Waals surface area (Å²) < 4.78 is 0. The molecule has 0 fully saturated rings. The quantitative estimate of drug-likeness (QED) is 0.209. The third-order valence-corrected chi connectivity index (χ3v) is 6.01. The van der Waals surface area contributed by atoms with E-state index in [1.54, 1.807) is 0 Å². The van der Waals surface area contributed by atoms with E-state index in [9.17, 15) is 0 Å². The summed E-state index contributed by atoms with van der Waals surface area (Å²) in [6, 6.07) is 0. The van der Waals surface area contributed by atoms with Gasteiger partial charge < -0.3 is 24.8 Å². The van der Waals surface area contributed by atoms with Crippen LogP contribution in [0, 0.1) is 46.0 Å². The maximum Gasteiger partial charge on any atom is 0 e. The smallest absolute Gasteiger partial charge is 0 e. The van der Waals surface area contributed by atoms with Crippen molar-refractivity contribution in [1.82, 2.24) is 0 Å². The Bertz CT molecular complexity index is 838. The molecule has 46 heavy (non-hydrogen) atoms. The van der Waals surface area contributed by atoms with Gasteiger partial charge in [0.15, 0.2) is 0 Å². The van der Waals surface area contributed by atoms with Crippen LogP contribution in [0.3, 0.4) is 0 Å². The van der Waals surface area contributed by atoms with Crippen molar-refractivity contribution in [3.8, 4) is 0 Å². The molecule has 0 saturated heterocycles. The van der Waals surface area contributed by atoms with E-state index in [-0.39, 0.29) is 76.5 Å². The van der Waals surface area contributed by atoms with Crippen molar-refractivity contribution in [3.05, 3.63) is 95.2 Å². The minimum Gasteiger partial charge on any atom is -1.00 e. The van der Waals surface area contributed by atoms with Crippen LogP contribution in [0.1, 0.15) is 109 Å². The second-order valence-corrected chi connectivity index (χ2v) is 19.8. The second kappa shape index (κ2) is 31.1. The Hall–Kier alpha value is 1.33. The standard InChI is InChI=1S/4C9H13.2C2H7Ge.2ClH.2Hf/c4*1-9(2,3)8-6-4-5-7-8;2*1-3-2;;;;/h4*4,6H,5H2,1-3H3;2*3H,1-2H3;2*1H;;/q4*-1;;;;;;/p-2. The topological polar surface area (TPSA) is 0 Å². The van der Waals surface area contributed by atoms with E-state index < -0.39 is 0 Å². The summed E-state index contributed by atoms with van der Waals surface area (Å²) in [5, 5.41) is 0. The van der Waals surface area contributed by atoms with Crippen molar-refractivity contribution in [1.29, 1.82) is 0 Å². The van der Waals surface area contributed by atoms with Crippen molar-refractivity contribution in [3.63, 3.8) is 0 Å². The molecule has 2 radical (unpaired) electrons. The normalized spacial score (nSPS) is 15.1. The molecular weight excluding hydrogens is 1050 g/mol. The van der Waals surface area contributed by atoms with Gasteiger partial charge in [-0.3, -0.25) is 24.3 Å². The van der Waals surface area contributed by atoms with E-state index in [2.05, 4.69) is 179 Å². The molecule has 4 aliphatic carbocycles. The van der Waals surface area contributed by atoms with Crippen molar-refractivity contribution >= 4 is 30.9 Å². The number of hydrogen-bond donors (Lipinski definition) is 0. The SMILES string of the molecule is CC(C)(C)C1=[C-]CC=C1.CC(C)(C)C1=[C-]CC=C1.CC(C)(C)C1=[C-]CC=C1.CC(C)(C)C1=[C-]CC=C1.[CH3][GeH][CH3].[CH3][GeH][CH3].[Cl-].[Cl-].[Hf].[Hf]. The van der Waals surface area contributed by atoms with Crippen LogP contribution in [0.15, 0.2) is 70.9 Å². The molecule has 0 aromatic heterocycles. The molecule has 0 bridgehead atoms. The Balaban J connectivity index is -0.000000107. The maximum absolute atomic E-state index is 3.30. The van der Waals surface area contributed by atoms with Gasteiger partial charge in [0, 0.05) is 51.7 Å². The van der Waals surface area contributed by atoms with E-state index in [0.29, 0.717) is 52.5 Å². The zero-order valence-electron chi connectivity index (χ0n) is 32.4. The molecule has 0 aliphatic heterocycles. The van der Waals surface area contributed by atoms with Crippen LogP contribution in [0.5, 0.6) is 0 Å². The van der Waals surface area contributed by atoms with E-state index >= 15 is 0 Å². The first kappa shape index (κ1) is 59.5. The van der Waals surface area contributed by atoms with Gasteiger partial charge in [-0.1, -0.05) is 83.1 Å². The van der Waals surface area contributed by atoms with E-state index in [4.69, 9.17) is 0 Å². The fourth-order valence-corrected chi connectivity index (χ4v) is 3.68. The van der Waals surface area contributed by atoms with Gasteiger partial charge in [-0.2, -0.15) is 24.3 Å². The van der Waals surface area contributed by atoms with E-state index in [1.807, 2.05) is 0 Å². The third-order valence-electron chi connectivity index (χ3n) is 6.01. The summed E-state index contributed by atoms with van der Waals surface area (Å²) in [7, 11) is 0. The van der Waals surface area contributed by atoms with Gasteiger partial charge in [0.2, 0.25) is 0 Å². The Morgan fingerprint density at radius 1 is 0.391 bits per heavy atom. The molecule has 0 aromatic carbocycles. The predicted octanol–water partition coefficient (Wildman–Crippen LogP) is 5.93. The van der Waals surface area contributed by atoms with E-state index in [0.717, 1.165) is 25.7 Å². The largest absolute Gasteiger partial charge is 1.00 e. The zero-order valence-corrected chi connectivity index (χ0v) is 45.9. The number of hydrogen-bond acceptors (Lipinski definition) is 0. The van der Waals surface area contributed by atoms with Gasteiger partial charge in [0.1, 0.15) is 0 Å². The predicted molar refractivity (Wildman–Crippen MR) is 198 cm³/mol. The molecule has 0 nitrogen and oxygen atoms in total. The molecule has 0 spiro atoms. The zero-order chi connectivity index (χ0) is 33.0. The van der Waals surface area contributed by atoms with Crippen molar-refractivity contribution in [2.45, 2.75) is 132 Å². The first-order valence-electron chi connectivity index (χ1n) is 15.8. The molecule has 0 N–H and O–H groups in total. The monoisotopic (exact) mass is 1120 g/mol. The van der Waals surface area contributed by atoms with Gasteiger partial charge in [-0.05, 0) is 21.7 Å². The maximum atomic E-state index is 3.30. The summed E-state index contributed by atoms with van der Waals surface area (Å²) in [5.41, 5.74) is 6.59. The van der Waals surface area contributed by atoms with Crippen molar-refractivity contribution in [2.75, 3.05) is 0 Å². The van der Waals surface area contributed by atoms with Crippen LogP contribution in [-0.4, -0.2) is 30.9 Å². The molecule has 0 unspecified atom stereocenters. The van der Waals surface area contributed by atoms with Crippen LogP contribution in [-0.2, 0) is 51.7 Å². The Morgan fingerprint density at radius 2 is 0.522 bits per heavy atom. The summed E-state index contributed by atoms with van der Waals surface area (Å²) in [4.78, 5) is 0. The Kier molecular flexibility index (Phi) is 40.2. The Labute approximate surface area is 352 Å². The molecule has 0 aromatic rings. The van der Waals surface area contributed by atoms with Crippen LogP contribution in [0.4, 0.5) is 0 Å². The van der Waals surface area contributed by atoms with E-state index in [1.165, 1.54) is 22.3 Å². The van der Waals surface area contributed by atoms with Crippen molar-refractivity contribution < 1.29 is 76.5 Å². The van der Waals surface area contributed by atoms with Gasteiger partial charge in [-0.15, -0.1) is 25.7 Å². The molecule has 6 heteroatoms. The van der Waals surface area contributed by atoms with Gasteiger partial charge >= 0.3 is 53.9 Å². The van der Waals surface area contributed by atoms with Gasteiger partial charge in [-0.25, -0.2) is 46.6 Å². The van der Waals surface area contributed by atoms with Crippen molar-refractivity contribution in [2.24, 2.45) is 21.7 Å². The molecule has 0 heterocycles. The molecule has 0 atom stereocenters. The number of halogens is 2. The van der Waals surface area contributed by atoms with Crippen LogP contribution in [0.25, 0.3) is 0 Å². The second-order valence-electron chi connectivity index (χ2n) is 14.9. The average Bonchev–Trinajstić information content (AvgIpc) is 3.68. The average molecular weight is 1120 g/mol. The summed E-state index contributed by atoms with van der Waals surface area (Å²) >= 11 is 0.625. The molecule has 262 valence electrons. The Morgan fingerprint density at radius 3 is 0.565 bits per heavy atom.